The van der Waals surface area contributed by atoms with Gasteiger partial charge in [0.25, 0.3) is 0 Å². The Balaban J connectivity index is 1.83. The quantitative estimate of drug-likeness (QED) is 0.485. The summed E-state index contributed by atoms with van der Waals surface area (Å²) in [6, 6.07) is 12.6. The van der Waals surface area contributed by atoms with Gasteiger partial charge in [-0.2, -0.15) is 5.10 Å². The maximum atomic E-state index is 12.2. The van der Waals surface area contributed by atoms with E-state index in [2.05, 4.69) is 12.0 Å². The number of carbonyl (C=O) groups is 1. The van der Waals surface area contributed by atoms with Crippen LogP contribution in [0.2, 0.25) is 0 Å². The summed E-state index contributed by atoms with van der Waals surface area (Å²) < 4.78 is 31.2. The van der Waals surface area contributed by atoms with Crippen LogP contribution in [-0.2, 0) is 21.1 Å². The van der Waals surface area contributed by atoms with Crippen molar-refractivity contribution >= 4 is 32.5 Å². The number of rotatable bonds is 6. The Kier molecular flexibility index (Phi) is 6.01. The first-order valence-electron chi connectivity index (χ1n) is 10.2. The minimum Gasteiger partial charge on any atom is -0.465 e. The third-order valence-electron chi connectivity index (χ3n) is 5.58. The summed E-state index contributed by atoms with van der Waals surface area (Å²) in [4.78, 5) is 14.2. The number of nitrogens with zero attached hydrogens (tertiary/aromatic N) is 2. The number of aryl methyl sites for hydroxylation is 1. The van der Waals surface area contributed by atoms with Gasteiger partial charge in [-0.3, -0.25) is 4.68 Å². The van der Waals surface area contributed by atoms with Gasteiger partial charge in [0.1, 0.15) is 0 Å². The number of aromatic nitrogens is 2. The molecular formula is C24H24N2O4S2. The molecule has 3 aromatic rings. The molecule has 0 bridgehead atoms. The average Bonchev–Trinajstić information content (AvgIpc) is 3.35. The fourth-order valence-corrected chi connectivity index (χ4v) is 5.78. The minimum atomic E-state index is -3.34. The van der Waals surface area contributed by atoms with Crippen molar-refractivity contribution in [3.63, 3.8) is 0 Å². The second-order valence-corrected chi connectivity index (χ2v) is 10.8. The Labute approximate surface area is 192 Å². The van der Waals surface area contributed by atoms with Crippen LogP contribution >= 0.6 is 11.8 Å². The summed E-state index contributed by atoms with van der Waals surface area (Å²) in [5.74, 6) is -0.467. The van der Waals surface area contributed by atoms with E-state index in [1.165, 1.54) is 13.4 Å². The predicted octanol–water partition coefficient (Wildman–Crippen LogP) is 4.76. The van der Waals surface area contributed by atoms with Crippen LogP contribution in [0.1, 0.15) is 46.8 Å². The van der Waals surface area contributed by atoms with E-state index in [9.17, 15) is 13.2 Å². The van der Waals surface area contributed by atoms with Crippen molar-refractivity contribution in [1.82, 2.24) is 9.78 Å². The highest BCUT2D eigenvalue weighted by Gasteiger charge is 2.32. The molecule has 32 heavy (non-hydrogen) atoms. The Bertz CT molecular complexity index is 1340. The van der Waals surface area contributed by atoms with Crippen molar-refractivity contribution in [3.8, 4) is 0 Å². The first-order valence-corrected chi connectivity index (χ1v) is 12.9. The highest BCUT2D eigenvalue weighted by molar-refractivity contribution is 8.08. The van der Waals surface area contributed by atoms with Crippen LogP contribution in [0, 0.1) is 0 Å². The van der Waals surface area contributed by atoms with Gasteiger partial charge in [-0.05, 0) is 60.9 Å². The van der Waals surface area contributed by atoms with Gasteiger partial charge in [-0.25, -0.2) is 13.2 Å². The molecule has 166 valence electrons. The number of fused-ring (bicyclic) bond motifs is 1. The Hall–Kier alpha value is -2.84. The van der Waals surface area contributed by atoms with Crippen LogP contribution in [0.3, 0.4) is 0 Å². The van der Waals surface area contributed by atoms with Crippen LogP contribution in [-0.4, -0.2) is 37.5 Å². The van der Waals surface area contributed by atoms with Crippen LogP contribution < -0.4 is 0 Å². The SMILES string of the molecule is CCn1cc(C2C(C)=C(Sc3cccc(C(=O)OC)c3)c3ccc(S(C)(=O)=O)cc32)cn1. The maximum Gasteiger partial charge on any atom is 0.337 e. The number of sulfone groups is 1. The molecule has 0 radical (unpaired) electrons. The van der Waals surface area contributed by atoms with E-state index >= 15 is 0 Å². The number of carbonyl (C=O) groups excluding carboxylic acids is 1. The van der Waals surface area contributed by atoms with Gasteiger partial charge in [-0.1, -0.05) is 23.9 Å². The molecule has 1 unspecified atom stereocenters. The van der Waals surface area contributed by atoms with Gasteiger partial charge in [0.05, 0.1) is 23.8 Å². The molecule has 1 atom stereocenters. The number of benzene rings is 2. The molecule has 0 fully saturated rings. The fraction of sp³-hybridized carbons (Fsp3) is 0.250. The van der Waals surface area contributed by atoms with Crippen molar-refractivity contribution < 1.29 is 17.9 Å². The third kappa shape index (κ3) is 4.12. The van der Waals surface area contributed by atoms with Gasteiger partial charge in [0, 0.05) is 40.3 Å². The van der Waals surface area contributed by atoms with Gasteiger partial charge in [0.15, 0.2) is 9.84 Å². The van der Waals surface area contributed by atoms with E-state index in [0.717, 1.165) is 38.6 Å². The van der Waals surface area contributed by atoms with E-state index in [1.54, 1.807) is 30.0 Å². The highest BCUT2D eigenvalue weighted by atomic mass is 32.2. The molecule has 0 amide bonds. The highest BCUT2D eigenvalue weighted by Crippen LogP contribution is 2.52. The molecule has 1 heterocycles. The van der Waals surface area contributed by atoms with Crippen molar-refractivity contribution in [2.75, 3.05) is 13.4 Å². The first-order chi connectivity index (χ1) is 15.2. The number of thioether (sulfide) groups is 1. The molecule has 2 aromatic carbocycles. The zero-order valence-corrected chi connectivity index (χ0v) is 20.0. The van der Waals surface area contributed by atoms with E-state index < -0.39 is 9.84 Å². The molecule has 6 nitrogen and oxygen atoms in total. The number of hydrogen-bond donors (Lipinski definition) is 0. The third-order valence-corrected chi connectivity index (χ3v) is 7.93. The average molecular weight is 469 g/mol. The summed E-state index contributed by atoms with van der Waals surface area (Å²) in [5, 5.41) is 4.42. The Morgan fingerprint density at radius 2 is 2.00 bits per heavy atom. The topological polar surface area (TPSA) is 78.3 Å². The van der Waals surface area contributed by atoms with Crippen molar-refractivity contribution in [3.05, 3.63) is 82.7 Å². The Morgan fingerprint density at radius 3 is 2.66 bits per heavy atom. The van der Waals surface area contributed by atoms with Crippen molar-refractivity contribution in [2.24, 2.45) is 0 Å². The summed E-state index contributed by atoms with van der Waals surface area (Å²) >= 11 is 1.56. The van der Waals surface area contributed by atoms with Crippen LogP contribution in [0.5, 0.6) is 0 Å². The van der Waals surface area contributed by atoms with Gasteiger partial charge < -0.3 is 4.74 Å². The summed E-state index contributed by atoms with van der Waals surface area (Å²) in [5.41, 5.74) is 4.58. The van der Waals surface area contributed by atoms with Crippen molar-refractivity contribution in [2.45, 2.75) is 36.1 Å². The second-order valence-electron chi connectivity index (χ2n) is 7.72. The molecule has 0 spiro atoms. The number of esters is 1. The Morgan fingerprint density at radius 1 is 1.22 bits per heavy atom. The normalized spacial score (nSPS) is 15.7. The van der Waals surface area contributed by atoms with Gasteiger partial charge >= 0.3 is 5.97 Å². The van der Waals surface area contributed by atoms with Gasteiger partial charge in [0.2, 0.25) is 0 Å². The number of allylic oxidation sites excluding steroid dienone is 1. The number of hydrogen-bond acceptors (Lipinski definition) is 6. The van der Waals surface area contributed by atoms with Gasteiger partial charge in [-0.15, -0.1) is 0 Å². The molecule has 4 rings (SSSR count). The monoisotopic (exact) mass is 468 g/mol. The largest absolute Gasteiger partial charge is 0.465 e. The second kappa shape index (κ2) is 8.60. The molecule has 1 aliphatic carbocycles. The molecule has 0 N–H and O–H groups in total. The fourth-order valence-electron chi connectivity index (χ4n) is 3.98. The van der Waals surface area contributed by atoms with E-state index in [4.69, 9.17) is 4.74 Å². The molecule has 8 heteroatoms. The summed E-state index contributed by atoms with van der Waals surface area (Å²) in [6.07, 6.45) is 5.08. The minimum absolute atomic E-state index is 0.0849. The molecule has 0 saturated carbocycles. The van der Waals surface area contributed by atoms with Crippen LogP contribution in [0.25, 0.3) is 4.91 Å². The molecule has 1 aromatic heterocycles. The first kappa shape index (κ1) is 22.4. The van der Waals surface area contributed by atoms with E-state index in [-0.39, 0.29) is 11.9 Å². The zero-order chi connectivity index (χ0) is 23.0. The standard InChI is InChI=1S/C24H24N2O4S2/c1-5-26-14-17(13-25-26)22-15(2)23(20-10-9-19(12-21(20)22)32(4,28)29)31-18-8-6-7-16(11-18)24(27)30-3/h6-14,22H,5H2,1-4H3. The number of ether oxygens (including phenoxy) is 1. The lowest BCUT2D eigenvalue weighted by Crippen LogP contribution is -2.02. The lowest BCUT2D eigenvalue weighted by atomic mass is 9.91. The van der Waals surface area contributed by atoms with E-state index in [0.29, 0.717) is 10.5 Å². The zero-order valence-electron chi connectivity index (χ0n) is 18.3. The molecule has 0 aliphatic heterocycles. The maximum absolute atomic E-state index is 12.2. The summed E-state index contributed by atoms with van der Waals surface area (Å²) in [6.45, 7) is 4.85. The molecule has 1 aliphatic rings. The van der Waals surface area contributed by atoms with Crippen molar-refractivity contribution in [1.29, 1.82) is 0 Å². The number of methoxy groups -OCH3 is 1. The summed E-state index contributed by atoms with van der Waals surface area (Å²) in [7, 11) is -1.98. The predicted molar refractivity (Wildman–Crippen MR) is 126 cm³/mol. The smallest absolute Gasteiger partial charge is 0.337 e. The lowest BCUT2D eigenvalue weighted by Gasteiger charge is -2.13. The lowest BCUT2D eigenvalue weighted by molar-refractivity contribution is 0.0600. The van der Waals surface area contributed by atoms with E-state index in [1.807, 2.05) is 48.3 Å². The van der Waals surface area contributed by atoms with Crippen LogP contribution in [0.15, 0.2) is 70.2 Å². The molecule has 0 saturated heterocycles. The molecular weight excluding hydrogens is 444 g/mol. The van der Waals surface area contributed by atoms with Crippen LogP contribution in [0.4, 0.5) is 0 Å².